The highest BCUT2D eigenvalue weighted by molar-refractivity contribution is 7.99. The van der Waals surface area contributed by atoms with E-state index in [4.69, 9.17) is 46.4 Å². The predicted molar refractivity (Wildman–Crippen MR) is 136 cm³/mol. The van der Waals surface area contributed by atoms with Crippen LogP contribution in [-0.4, -0.2) is 31.1 Å². The molecule has 0 saturated carbocycles. The Balaban J connectivity index is 1.50. The number of rotatable bonds is 5. The lowest BCUT2D eigenvalue weighted by Crippen LogP contribution is -2.47. The van der Waals surface area contributed by atoms with Crippen LogP contribution in [0.4, 0.5) is 5.69 Å². The molecule has 4 rings (SSSR count). The summed E-state index contributed by atoms with van der Waals surface area (Å²) in [6.07, 6.45) is 0. The zero-order chi connectivity index (χ0) is 22.0. The smallest absolute Gasteiger partial charge is 0.0603 e. The van der Waals surface area contributed by atoms with Crippen molar-refractivity contribution < 1.29 is 0 Å². The molecule has 3 aromatic rings. The second-order valence-corrected chi connectivity index (χ2v) is 10.3. The Morgan fingerprint density at radius 2 is 1.52 bits per heavy atom. The number of nitrogens with zero attached hydrogens (tertiary/aromatic N) is 2. The fourth-order valence-electron chi connectivity index (χ4n) is 3.84. The maximum absolute atomic E-state index is 6.38. The van der Waals surface area contributed by atoms with Gasteiger partial charge in [0.15, 0.2) is 0 Å². The Hall–Kier alpha value is -1.07. The molecule has 1 atom stereocenters. The van der Waals surface area contributed by atoms with Gasteiger partial charge in [0, 0.05) is 57.7 Å². The molecular weight excluding hydrogens is 490 g/mol. The van der Waals surface area contributed by atoms with E-state index in [2.05, 4.69) is 34.9 Å². The average molecular weight is 512 g/mol. The predicted octanol–water partition coefficient (Wildman–Crippen LogP) is 8.33. The van der Waals surface area contributed by atoms with Crippen LogP contribution in [-0.2, 0) is 0 Å². The summed E-state index contributed by atoms with van der Waals surface area (Å²) in [6.45, 7) is 6.11. The van der Waals surface area contributed by atoms with E-state index in [0.29, 0.717) is 10.0 Å². The Bertz CT molecular complexity index is 1070. The maximum Gasteiger partial charge on any atom is 0.0603 e. The summed E-state index contributed by atoms with van der Waals surface area (Å²) in [4.78, 5) is 7.12. The van der Waals surface area contributed by atoms with Gasteiger partial charge in [-0.3, -0.25) is 4.90 Å². The van der Waals surface area contributed by atoms with Gasteiger partial charge in [0.05, 0.1) is 10.0 Å². The van der Waals surface area contributed by atoms with Crippen LogP contribution in [0.3, 0.4) is 0 Å². The molecule has 0 unspecified atom stereocenters. The molecule has 1 heterocycles. The van der Waals surface area contributed by atoms with Crippen LogP contribution >= 0.6 is 58.2 Å². The summed E-state index contributed by atoms with van der Waals surface area (Å²) in [7, 11) is 0. The summed E-state index contributed by atoms with van der Waals surface area (Å²) in [6, 6.07) is 20.1. The molecule has 0 amide bonds. The first-order valence-electron chi connectivity index (χ1n) is 10.1. The molecule has 1 saturated heterocycles. The van der Waals surface area contributed by atoms with Gasteiger partial charge < -0.3 is 4.90 Å². The first kappa shape index (κ1) is 23.1. The Kier molecular flexibility index (Phi) is 7.64. The third-order valence-corrected chi connectivity index (χ3v) is 7.87. The van der Waals surface area contributed by atoms with Gasteiger partial charge >= 0.3 is 0 Å². The van der Waals surface area contributed by atoms with Gasteiger partial charge in [-0.2, -0.15) is 0 Å². The van der Waals surface area contributed by atoms with Crippen molar-refractivity contribution in [2.24, 2.45) is 0 Å². The van der Waals surface area contributed by atoms with Crippen molar-refractivity contribution in [3.63, 3.8) is 0 Å². The normalized spacial score (nSPS) is 15.8. The molecule has 0 aliphatic carbocycles. The fourth-order valence-corrected chi connectivity index (χ4v) is 5.62. The zero-order valence-electron chi connectivity index (χ0n) is 17.0. The highest BCUT2D eigenvalue weighted by Gasteiger charge is 2.24. The van der Waals surface area contributed by atoms with E-state index < -0.39 is 0 Å². The minimum atomic E-state index is 0.241. The van der Waals surface area contributed by atoms with E-state index in [9.17, 15) is 0 Å². The quantitative estimate of drug-likeness (QED) is 0.339. The molecule has 0 N–H and O–H groups in total. The number of halogens is 4. The molecule has 1 aliphatic rings. The van der Waals surface area contributed by atoms with E-state index in [-0.39, 0.29) is 6.04 Å². The van der Waals surface area contributed by atoms with Gasteiger partial charge in [-0.25, -0.2) is 0 Å². The molecule has 0 spiro atoms. The van der Waals surface area contributed by atoms with E-state index in [0.717, 1.165) is 41.1 Å². The topological polar surface area (TPSA) is 6.48 Å². The first-order valence-corrected chi connectivity index (χ1v) is 12.4. The van der Waals surface area contributed by atoms with Gasteiger partial charge in [-0.05, 0) is 67.1 Å². The van der Waals surface area contributed by atoms with Gasteiger partial charge in [0.25, 0.3) is 0 Å². The molecular formula is C24H22Cl4N2S. The van der Waals surface area contributed by atoms with E-state index >= 15 is 0 Å². The van der Waals surface area contributed by atoms with Crippen LogP contribution in [0.25, 0.3) is 0 Å². The van der Waals surface area contributed by atoms with E-state index in [1.165, 1.54) is 16.1 Å². The second-order valence-electron chi connectivity index (χ2n) is 7.54. The number of hydrogen-bond acceptors (Lipinski definition) is 3. The molecule has 2 nitrogen and oxygen atoms in total. The molecule has 31 heavy (non-hydrogen) atoms. The lowest BCUT2D eigenvalue weighted by Gasteiger charge is -2.39. The highest BCUT2D eigenvalue weighted by atomic mass is 35.5. The van der Waals surface area contributed by atoms with Crippen molar-refractivity contribution in [3.8, 4) is 0 Å². The second kappa shape index (κ2) is 10.2. The number of benzene rings is 3. The van der Waals surface area contributed by atoms with Gasteiger partial charge in [0.1, 0.15) is 0 Å². The van der Waals surface area contributed by atoms with Gasteiger partial charge in [-0.1, -0.05) is 64.2 Å². The Labute approximate surface area is 208 Å². The summed E-state index contributed by atoms with van der Waals surface area (Å²) >= 11 is 26.5. The first-order chi connectivity index (χ1) is 14.9. The average Bonchev–Trinajstić information content (AvgIpc) is 2.77. The van der Waals surface area contributed by atoms with Gasteiger partial charge in [0.2, 0.25) is 0 Å². The minimum absolute atomic E-state index is 0.241. The molecule has 3 aromatic carbocycles. The summed E-state index contributed by atoms with van der Waals surface area (Å²) < 4.78 is 0. The van der Waals surface area contributed by atoms with Crippen LogP contribution in [0.1, 0.15) is 18.5 Å². The minimum Gasteiger partial charge on any atom is -0.369 e. The maximum atomic E-state index is 6.38. The molecule has 0 bridgehead atoms. The largest absolute Gasteiger partial charge is 0.369 e. The summed E-state index contributed by atoms with van der Waals surface area (Å²) in [5.74, 6) is 0. The monoisotopic (exact) mass is 510 g/mol. The van der Waals surface area contributed by atoms with Crippen molar-refractivity contribution >= 4 is 63.9 Å². The fraction of sp³-hybridized carbons (Fsp3) is 0.250. The Morgan fingerprint density at radius 3 is 2.23 bits per heavy atom. The lowest BCUT2D eigenvalue weighted by molar-refractivity contribution is 0.196. The Morgan fingerprint density at radius 1 is 0.774 bits per heavy atom. The van der Waals surface area contributed by atoms with Crippen LogP contribution in [0, 0.1) is 0 Å². The summed E-state index contributed by atoms with van der Waals surface area (Å²) in [5.41, 5.74) is 2.40. The third kappa shape index (κ3) is 5.65. The molecule has 0 radical (unpaired) electrons. The van der Waals surface area contributed by atoms with Crippen LogP contribution in [0.15, 0.2) is 70.5 Å². The van der Waals surface area contributed by atoms with Crippen molar-refractivity contribution in [3.05, 3.63) is 86.3 Å². The van der Waals surface area contributed by atoms with E-state index in [1.807, 2.05) is 42.5 Å². The van der Waals surface area contributed by atoms with E-state index in [1.54, 1.807) is 11.8 Å². The molecule has 7 heteroatoms. The SMILES string of the molecule is C[C@@H](c1cc(Cl)ccc1Sc1ccc(Cl)c(Cl)c1)N1CCN(c2cccc(Cl)c2)CC1. The number of hydrogen-bond donors (Lipinski definition) is 0. The van der Waals surface area contributed by atoms with Crippen molar-refractivity contribution in [1.82, 2.24) is 4.90 Å². The number of piperazine rings is 1. The van der Waals surface area contributed by atoms with Crippen molar-refractivity contribution in [2.75, 3.05) is 31.1 Å². The highest BCUT2D eigenvalue weighted by Crippen LogP contribution is 2.39. The van der Waals surface area contributed by atoms with Crippen molar-refractivity contribution in [2.45, 2.75) is 22.8 Å². The van der Waals surface area contributed by atoms with Crippen LogP contribution < -0.4 is 4.90 Å². The lowest BCUT2D eigenvalue weighted by atomic mass is 10.1. The van der Waals surface area contributed by atoms with Gasteiger partial charge in [-0.15, -0.1) is 0 Å². The molecule has 0 aromatic heterocycles. The molecule has 1 aliphatic heterocycles. The zero-order valence-corrected chi connectivity index (χ0v) is 20.8. The summed E-state index contributed by atoms with van der Waals surface area (Å²) in [5, 5.41) is 2.65. The number of anilines is 1. The van der Waals surface area contributed by atoms with Crippen LogP contribution in [0.5, 0.6) is 0 Å². The van der Waals surface area contributed by atoms with Crippen LogP contribution in [0.2, 0.25) is 20.1 Å². The molecule has 162 valence electrons. The standard InChI is InChI=1S/C24H22Cl4N2S/c1-16(29-9-11-30(12-10-29)19-4-2-3-17(25)13-19)21-14-18(26)5-8-24(21)31-20-6-7-22(27)23(28)15-20/h2-8,13-16H,9-12H2,1H3/t16-/m0/s1. The molecule has 1 fully saturated rings. The third-order valence-electron chi connectivity index (χ3n) is 5.58. The van der Waals surface area contributed by atoms with Crippen molar-refractivity contribution in [1.29, 1.82) is 0 Å².